The highest BCUT2D eigenvalue weighted by Crippen LogP contribution is 2.30. The summed E-state index contributed by atoms with van der Waals surface area (Å²) in [6.45, 7) is 7.35. The Labute approximate surface area is 124 Å². The minimum Gasteiger partial charge on any atom is -0.329 e. The minimum atomic E-state index is -0.859. The largest absolute Gasteiger partial charge is 0.329 e. The van der Waals surface area contributed by atoms with Crippen LogP contribution in [0.25, 0.3) is 0 Å². The van der Waals surface area contributed by atoms with Crippen molar-refractivity contribution in [1.82, 2.24) is 9.80 Å². The van der Waals surface area contributed by atoms with Gasteiger partial charge >= 0.3 is 0 Å². The maximum Gasteiger partial charge on any atom is 0.297 e. The number of fused-ring (bicyclic) bond motifs is 1. The first kappa shape index (κ1) is 15.7. The van der Waals surface area contributed by atoms with Crippen molar-refractivity contribution in [3.63, 3.8) is 0 Å². The Balaban J connectivity index is 2.39. The monoisotopic (exact) mass is 294 g/mol. The molecule has 2 heterocycles. The van der Waals surface area contributed by atoms with E-state index >= 15 is 0 Å². The van der Waals surface area contributed by atoms with E-state index in [1.165, 1.54) is 0 Å². The fourth-order valence-corrected chi connectivity index (χ4v) is 3.04. The van der Waals surface area contributed by atoms with E-state index in [-0.39, 0.29) is 11.8 Å². The van der Waals surface area contributed by atoms with Crippen molar-refractivity contribution < 1.29 is 19.2 Å². The molecule has 116 valence electrons. The molecule has 2 atom stereocenters. The molecular formula is C15H22N2O4. The van der Waals surface area contributed by atoms with E-state index in [2.05, 4.69) is 0 Å². The maximum absolute atomic E-state index is 12.6. The lowest BCUT2D eigenvalue weighted by Crippen LogP contribution is -2.66. The van der Waals surface area contributed by atoms with Gasteiger partial charge in [0.15, 0.2) is 0 Å². The van der Waals surface area contributed by atoms with Crippen molar-refractivity contribution in [2.45, 2.75) is 52.6 Å². The Hall–Kier alpha value is -1.72. The van der Waals surface area contributed by atoms with E-state index in [1.807, 2.05) is 0 Å². The van der Waals surface area contributed by atoms with Crippen LogP contribution >= 0.6 is 0 Å². The molecule has 0 aliphatic carbocycles. The van der Waals surface area contributed by atoms with Crippen molar-refractivity contribution >= 4 is 23.5 Å². The molecule has 0 aromatic rings. The van der Waals surface area contributed by atoms with Crippen LogP contribution < -0.4 is 0 Å². The molecule has 2 fully saturated rings. The summed E-state index contributed by atoms with van der Waals surface area (Å²) in [6.07, 6.45) is 1.32. The molecule has 2 aliphatic rings. The third kappa shape index (κ3) is 2.47. The summed E-state index contributed by atoms with van der Waals surface area (Å²) in [4.78, 5) is 52.0. The Morgan fingerprint density at radius 1 is 1.10 bits per heavy atom. The second-order valence-corrected chi connectivity index (χ2v) is 6.41. The first-order chi connectivity index (χ1) is 9.77. The molecule has 0 aromatic heterocycles. The van der Waals surface area contributed by atoms with Gasteiger partial charge < -0.3 is 4.90 Å². The van der Waals surface area contributed by atoms with E-state index in [0.717, 1.165) is 11.3 Å². The number of ketones is 1. The van der Waals surface area contributed by atoms with Gasteiger partial charge in [-0.15, -0.1) is 0 Å². The Morgan fingerprint density at radius 2 is 1.71 bits per heavy atom. The van der Waals surface area contributed by atoms with E-state index < -0.39 is 35.6 Å². The first-order valence-corrected chi connectivity index (χ1v) is 7.49. The lowest BCUT2D eigenvalue weighted by molar-refractivity contribution is -0.170. The van der Waals surface area contributed by atoms with Gasteiger partial charge in [0.2, 0.25) is 11.7 Å². The number of carbonyl (C=O) groups excluding carboxylic acids is 4. The number of Topliss-reactive ketones (excluding diaryl/α,β-unsaturated/α-hetero) is 1. The molecule has 2 unspecified atom stereocenters. The molecule has 0 bridgehead atoms. The number of rotatable bonds is 3. The van der Waals surface area contributed by atoms with Crippen molar-refractivity contribution in [2.24, 2.45) is 11.8 Å². The molecule has 2 aliphatic heterocycles. The number of nitrogens with zero attached hydrogens (tertiary/aromatic N) is 2. The molecule has 0 spiro atoms. The van der Waals surface area contributed by atoms with Gasteiger partial charge in [0.25, 0.3) is 11.8 Å². The average Bonchev–Trinajstić information content (AvgIpc) is 2.90. The van der Waals surface area contributed by atoms with Crippen LogP contribution in [0.5, 0.6) is 0 Å². The zero-order valence-electron chi connectivity index (χ0n) is 13.0. The molecule has 0 saturated carbocycles. The Kier molecular flexibility index (Phi) is 4.16. The summed E-state index contributed by atoms with van der Waals surface area (Å²) < 4.78 is 0. The molecule has 0 aromatic carbocycles. The fourth-order valence-electron chi connectivity index (χ4n) is 3.04. The maximum atomic E-state index is 12.6. The summed E-state index contributed by atoms with van der Waals surface area (Å²) in [5.74, 6) is -2.77. The second kappa shape index (κ2) is 5.58. The smallest absolute Gasteiger partial charge is 0.297 e. The number of imide groups is 1. The standard InChI is InChI=1S/C15H22N2O4/c1-8(2)11-14(20)16-7-5-6-10(16)13(19)17(11)15(21)12(18)9(3)4/h8-11H,5-7H2,1-4H3. The normalized spacial score (nSPS) is 25.8. The first-order valence-electron chi connectivity index (χ1n) is 7.49. The van der Waals surface area contributed by atoms with Gasteiger partial charge in [-0.1, -0.05) is 27.7 Å². The molecule has 21 heavy (non-hydrogen) atoms. The number of hydrogen-bond acceptors (Lipinski definition) is 4. The summed E-state index contributed by atoms with van der Waals surface area (Å²) in [7, 11) is 0. The average molecular weight is 294 g/mol. The predicted molar refractivity (Wildman–Crippen MR) is 75.1 cm³/mol. The van der Waals surface area contributed by atoms with E-state index in [1.54, 1.807) is 32.6 Å². The van der Waals surface area contributed by atoms with Crippen LogP contribution in [0.3, 0.4) is 0 Å². The van der Waals surface area contributed by atoms with Gasteiger partial charge in [0, 0.05) is 12.5 Å². The quantitative estimate of drug-likeness (QED) is 0.714. The summed E-state index contributed by atoms with van der Waals surface area (Å²) >= 11 is 0. The van der Waals surface area contributed by atoms with Crippen LogP contribution in [0.15, 0.2) is 0 Å². The highest BCUT2D eigenvalue weighted by molar-refractivity contribution is 6.40. The lowest BCUT2D eigenvalue weighted by atomic mass is 9.94. The van der Waals surface area contributed by atoms with Crippen LogP contribution in [-0.4, -0.2) is 51.9 Å². The molecule has 3 amide bonds. The van der Waals surface area contributed by atoms with Crippen LogP contribution in [0.2, 0.25) is 0 Å². The van der Waals surface area contributed by atoms with E-state index in [9.17, 15) is 19.2 Å². The topological polar surface area (TPSA) is 74.8 Å². The zero-order chi connectivity index (χ0) is 15.9. The lowest BCUT2D eigenvalue weighted by Gasteiger charge is -2.42. The van der Waals surface area contributed by atoms with Crippen molar-refractivity contribution in [2.75, 3.05) is 6.54 Å². The van der Waals surface area contributed by atoms with Crippen LogP contribution in [-0.2, 0) is 19.2 Å². The van der Waals surface area contributed by atoms with E-state index in [4.69, 9.17) is 0 Å². The molecule has 6 nitrogen and oxygen atoms in total. The minimum absolute atomic E-state index is 0.211. The molecule has 0 N–H and O–H groups in total. The third-order valence-corrected chi connectivity index (χ3v) is 4.17. The van der Waals surface area contributed by atoms with Crippen LogP contribution in [0.1, 0.15) is 40.5 Å². The van der Waals surface area contributed by atoms with Gasteiger partial charge in [-0.3, -0.25) is 24.1 Å². The highest BCUT2D eigenvalue weighted by atomic mass is 16.2. The second-order valence-electron chi connectivity index (χ2n) is 6.41. The molecule has 2 rings (SSSR count). The molecule has 2 saturated heterocycles. The van der Waals surface area contributed by atoms with Crippen LogP contribution in [0, 0.1) is 11.8 Å². The number of hydrogen-bond donors (Lipinski definition) is 0. The zero-order valence-corrected chi connectivity index (χ0v) is 13.0. The van der Waals surface area contributed by atoms with Gasteiger partial charge in [0.1, 0.15) is 12.1 Å². The fraction of sp³-hybridized carbons (Fsp3) is 0.733. The third-order valence-electron chi connectivity index (χ3n) is 4.17. The highest BCUT2D eigenvalue weighted by Gasteiger charge is 2.52. The predicted octanol–water partition coefficient (Wildman–Crippen LogP) is 0.596. The van der Waals surface area contributed by atoms with Crippen molar-refractivity contribution in [1.29, 1.82) is 0 Å². The van der Waals surface area contributed by atoms with E-state index in [0.29, 0.717) is 13.0 Å². The van der Waals surface area contributed by atoms with Crippen LogP contribution in [0.4, 0.5) is 0 Å². The molecule has 6 heteroatoms. The Morgan fingerprint density at radius 3 is 2.24 bits per heavy atom. The SMILES string of the molecule is CC(C)C(=O)C(=O)N1C(=O)C2CCCN2C(=O)C1C(C)C. The van der Waals surface area contributed by atoms with Gasteiger partial charge in [-0.25, -0.2) is 0 Å². The summed E-state index contributed by atoms with van der Waals surface area (Å²) in [6, 6.07) is -1.43. The molecular weight excluding hydrogens is 272 g/mol. The van der Waals surface area contributed by atoms with Gasteiger partial charge in [0.05, 0.1) is 0 Å². The van der Waals surface area contributed by atoms with Crippen molar-refractivity contribution in [3.8, 4) is 0 Å². The number of carbonyl (C=O) groups is 4. The number of amides is 3. The molecule has 0 radical (unpaired) electrons. The number of piperazine rings is 1. The van der Waals surface area contributed by atoms with Gasteiger partial charge in [-0.05, 0) is 18.8 Å². The summed E-state index contributed by atoms with van der Waals surface area (Å²) in [5.41, 5.74) is 0. The summed E-state index contributed by atoms with van der Waals surface area (Å²) in [5, 5.41) is 0. The van der Waals surface area contributed by atoms with Gasteiger partial charge in [-0.2, -0.15) is 0 Å². The van der Waals surface area contributed by atoms with Crippen molar-refractivity contribution in [3.05, 3.63) is 0 Å². The Bertz CT molecular complexity index is 498.